The van der Waals surface area contributed by atoms with E-state index >= 15 is 0 Å². The first kappa shape index (κ1) is 18.1. The van der Waals surface area contributed by atoms with Crippen LogP contribution in [-0.4, -0.2) is 59.6 Å². The van der Waals surface area contributed by atoms with Crippen LogP contribution in [-0.2, 0) is 16.0 Å². The van der Waals surface area contributed by atoms with Gasteiger partial charge in [-0.15, -0.1) is 6.58 Å². The minimum Gasteiger partial charge on any atom is -0.377 e. The second kappa shape index (κ2) is 7.70. The Balaban J connectivity index is 1.78. The molecule has 6 heteroatoms. The van der Waals surface area contributed by atoms with Gasteiger partial charge in [-0.05, 0) is 39.2 Å². The van der Waals surface area contributed by atoms with Gasteiger partial charge in [-0.25, -0.2) is 0 Å². The molecule has 138 valence electrons. The number of nitrogens with zero attached hydrogens (tertiary/aromatic N) is 3. The van der Waals surface area contributed by atoms with Crippen LogP contribution in [0.2, 0.25) is 0 Å². The van der Waals surface area contributed by atoms with E-state index in [9.17, 15) is 4.79 Å². The first-order valence-corrected chi connectivity index (χ1v) is 9.23. The zero-order valence-electron chi connectivity index (χ0n) is 15.4. The lowest BCUT2D eigenvalue weighted by molar-refractivity contribution is -0.144. The van der Waals surface area contributed by atoms with Crippen LogP contribution < -0.4 is 0 Å². The molecule has 2 fully saturated rings. The van der Waals surface area contributed by atoms with E-state index in [0.29, 0.717) is 32.0 Å². The molecule has 0 spiro atoms. The van der Waals surface area contributed by atoms with Crippen molar-refractivity contribution in [2.45, 2.75) is 45.8 Å². The summed E-state index contributed by atoms with van der Waals surface area (Å²) in [6, 6.07) is 1.89. The number of carbonyl (C=O) groups excluding carboxylic acids is 1. The average molecular weight is 347 g/mol. The molecule has 0 bridgehead atoms. The number of amides is 1. The maximum absolute atomic E-state index is 13.1. The first-order chi connectivity index (χ1) is 12.1. The minimum atomic E-state index is -0.110. The summed E-state index contributed by atoms with van der Waals surface area (Å²) in [4.78, 5) is 15.1. The molecule has 2 saturated heterocycles. The summed E-state index contributed by atoms with van der Waals surface area (Å²) in [5, 5.41) is 4.41. The summed E-state index contributed by atoms with van der Waals surface area (Å²) in [6.07, 6.45) is 4.85. The Hall–Kier alpha value is -1.66. The Bertz CT molecular complexity index is 627. The fourth-order valence-electron chi connectivity index (χ4n) is 4.14. The standard InChI is InChI=1S/C19H29N3O3/c1-4-10-24-14-19-8-6-11-25-17(19)7-9-21(13-19)18(23)16-12-15(3)20-22(16)5-2/h4,12,17H,1,5-11,13-14H2,2-3H3/t17-,19-/m1/s1. The number of hydrogen-bond donors (Lipinski definition) is 0. The molecule has 6 nitrogen and oxygen atoms in total. The molecule has 2 atom stereocenters. The predicted octanol–water partition coefficient (Wildman–Crippen LogP) is 2.43. The second-order valence-corrected chi connectivity index (χ2v) is 7.13. The molecule has 25 heavy (non-hydrogen) atoms. The number of rotatable bonds is 6. The molecule has 0 N–H and O–H groups in total. The SMILES string of the molecule is C=CCOC[C@]12CCCO[C@@H]1CCN(C(=O)c1cc(C)nn1CC)C2. The van der Waals surface area contributed by atoms with Crippen LogP contribution in [0.1, 0.15) is 42.4 Å². The van der Waals surface area contributed by atoms with E-state index in [4.69, 9.17) is 9.47 Å². The summed E-state index contributed by atoms with van der Waals surface area (Å²) in [5.74, 6) is 0.0644. The number of hydrogen-bond acceptors (Lipinski definition) is 4. The van der Waals surface area contributed by atoms with Gasteiger partial charge in [0.05, 0.1) is 25.0 Å². The van der Waals surface area contributed by atoms with Crippen molar-refractivity contribution < 1.29 is 14.3 Å². The van der Waals surface area contributed by atoms with Gasteiger partial charge in [-0.3, -0.25) is 9.48 Å². The molecule has 0 aromatic carbocycles. The molecule has 1 aromatic rings. The number of fused-ring (bicyclic) bond motifs is 1. The summed E-state index contributed by atoms with van der Waals surface area (Å²) in [6.45, 7) is 11.7. The Labute approximate surface area is 149 Å². The highest BCUT2D eigenvalue weighted by molar-refractivity contribution is 5.92. The average Bonchev–Trinajstić information content (AvgIpc) is 3.01. The van der Waals surface area contributed by atoms with Crippen molar-refractivity contribution in [1.29, 1.82) is 0 Å². The topological polar surface area (TPSA) is 56.6 Å². The largest absolute Gasteiger partial charge is 0.377 e. The van der Waals surface area contributed by atoms with Gasteiger partial charge in [0.25, 0.3) is 5.91 Å². The molecule has 1 aromatic heterocycles. The van der Waals surface area contributed by atoms with Crippen molar-refractivity contribution >= 4 is 5.91 Å². The van der Waals surface area contributed by atoms with Gasteiger partial charge >= 0.3 is 0 Å². The van der Waals surface area contributed by atoms with Crippen molar-refractivity contribution in [3.05, 3.63) is 30.1 Å². The molecular weight excluding hydrogens is 318 g/mol. The highest BCUT2D eigenvalue weighted by Crippen LogP contribution is 2.40. The summed E-state index contributed by atoms with van der Waals surface area (Å²) in [7, 11) is 0. The normalized spacial score (nSPS) is 26.3. The smallest absolute Gasteiger partial charge is 0.272 e. The number of ether oxygens (including phenoxy) is 2. The summed E-state index contributed by atoms with van der Waals surface area (Å²) < 4.78 is 13.6. The maximum Gasteiger partial charge on any atom is 0.272 e. The molecule has 0 saturated carbocycles. The van der Waals surface area contributed by atoms with Gasteiger partial charge < -0.3 is 14.4 Å². The zero-order valence-corrected chi connectivity index (χ0v) is 15.4. The molecule has 3 rings (SSSR count). The van der Waals surface area contributed by atoms with Crippen LogP contribution in [0.5, 0.6) is 0 Å². The van der Waals surface area contributed by atoms with E-state index in [0.717, 1.165) is 38.1 Å². The molecular formula is C19H29N3O3. The van der Waals surface area contributed by atoms with Crippen LogP contribution in [0.15, 0.2) is 18.7 Å². The fourth-order valence-corrected chi connectivity index (χ4v) is 4.14. The van der Waals surface area contributed by atoms with Gasteiger partial charge in [0.2, 0.25) is 0 Å². The Morgan fingerprint density at radius 2 is 2.44 bits per heavy atom. The van der Waals surface area contributed by atoms with Gasteiger partial charge in [0.15, 0.2) is 0 Å². The third-order valence-corrected chi connectivity index (χ3v) is 5.32. The van der Waals surface area contributed by atoms with Crippen molar-refractivity contribution in [2.75, 3.05) is 32.9 Å². The molecule has 0 radical (unpaired) electrons. The van der Waals surface area contributed by atoms with Crippen LogP contribution in [0, 0.1) is 12.3 Å². The third-order valence-electron chi connectivity index (χ3n) is 5.32. The Morgan fingerprint density at radius 3 is 3.20 bits per heavy atom. The number of carbonyl (C=O) groups is 1. The molecule has 0 unspecified atom stereocenters. The molecule has 2 aliphatic rings. The minimum absolute atomic E-state index is 0.0644. The van der Waals surface area contributed by atoms with Crippen LogP contribution in [0.3, 0.4) is 0 Å². The molecule has 2 aliphatic heterocycles. The van der Waals surface area contributed by atoms with Gasteiger partial charge in [-0.2, -0.15) is 5.10 Å². The maximum atomic E-state index is 13.1. The molecule has 1 amide bonds. The van der Waals surface area contributed by atoms with Crippen molar-refractivity contribution in [3.63, 3.8) is 0 Å². The van der Waals surface area contributed by atoms with Crippen LogP contribution in [0.25, 0.3) is 0 Å². The van der Waals surface area contributed by atoms with Gasteiger partial charge in [-0.1, -0.05) is 6.08 Å². The lowest BCUT2D eigenvalue weighted by Gasteiger charge is -2.50. The number of aryl methyl sites for hydroxylation is 2. The molecule has 0 aliphatic carbocycles. The van der Waals surface area contributed by atoms with Crippen LogP contribution >= 0.6 is 0 Å². The van der Waals surface area contributed by atoms with Gasteiger partial charge in [0.1, 0.15) is 5.69 Å². The number of aromatic nitrogens is 2. The molecule has 3 heterocycles. The monoisotopic (exact) mass is 347 g/mol. The first-order valence-electron chi connectivity index (χ1n) is 9.23. The highest BCUT2D eigenvalue weighted by Gasteiger charge is 2.47. The van der Waals surface area contributed by atoms with E-state index < -0.39 is 0 Å². The quantitative estimate of drug-likeness (QED) is 0.586. The number of piperidine rings is 1. The Kier molecular flexibility index (Phi) is 5.59. The van der Waals surface area contributed by atoms with E-state index in [1.807, 2.05) is 24.8 Å². The zero-order chi connectivity index (χ0) is 17.9. The van der Waals surface area contributed by atoms with Crippen molar-refractivity contribution in [2.24, 2.45) is 5.41 Å². The van der Waals surface area contributed by atoms with Crippen molar-refractivity contribution in [1.82, 2.24) is 14.7 Å². The Morgan fingerprint density at radius 1 is 1.60 bits per heavy atom. The second-order valence-electron chi connectivity index (χ2n) is 7.13. The fraction of sp³-hybridized carbons (Fsp3) is 0.684. The van der Waals surface area contributed by atoms with E-state index in [1.165, 1.54) is 0 Å². The van der Waals surface area contributed by atoms with Crippen LogP contribution in [0.4, 0.5) is 0 Å². The third kappa shape index (κ3) is 3.65. The lowest BCUT2D eigenvalue weighted by Crippen LogP contribution is -2.58. The van der Waals surface area contributed by atoms with Gasteiger partial charge in [0, 0.05) is 31.7 Å². The van der Waals surface area contributed by atoms with E-state index in [2.05, 4.69) is 11.7 Å². The lowest BCUT2D eigenvalue weighted by atomic mass is 9.73. The van der Waals surface area contributed by atoms with E-state index in [-0.39, 0.29) is 17.4 Å². The summed E-state index contributed by atoms with van der Waals surface area (Å²) >= 11 is 0. The number of likely N-dealkylation sites (tertiary alicyclic amines) is 1. The predicted molar refractivity (Wildman–Crippen MR) is 95.6 cm³/mol. The highest BCUT2D eigenvalue weighted by atomic mass is 16.5. The summed E-state index contributed by atoms with van der Waals surface area (Å²) in [5.41, 5.74) is 1.45. The van der Waals surface area contributed by atoms with Crippen molar-refractivity contribution in [3.8, 4) is 0 Å². The van der Waals surface area contributed by atoms with E-state index in [1.54, 1.807) is 10.8 Å².